The quantitative estimate of drug-likeness (QED) is 0.401. The lowest BCUT2D eigenvalue weighted by Gasteiger charge is -2.31. The molecule has 0 unspecified atom stereocenters. The molecule has 1 saturated heterocycles. The first-order chi connectivity index (χ1) is 8.04. The fourth-order valence-corrected chi connectivity index (χ4v) is 1.84. The summed E-state index contributed by atoms with van der Waals surface area (Å²) in [6.45, 7) is 5.10. The molecule has 0 aromatic rings. The van der Waals surface area contributed by atoms with Crippen LogP contribution < -0.4 is 11.3 Å². The summed E-state index contributed by atoms with van der Waals surface area (Å²) in [5.74, 6) is 4.85. The topological polar surface area (TPSA) is 84.7 Å². The van der Waals surface area contributed by atoms with Crippen LogP contribution in [0, 0.1) is 5.92 Å². The van der Waals surface area contributed by atoms with Gasteiger partial charge in [-0.2, -0.15) is 0 Å². The van der Waals surface area contributed by atoms with E-state index in [1.807, 2.05) is 13.8 Å². The van der Waals surface area contributed by atoms with E-state index < -0.39 is 0 Å². The SMILES string of the molecule is CC(C)OCC(=O)N1CCC(C(=O)NN)CC1. The Kier molecular flexibility index (Phi) is 5.37. The molecule has 6 heteroatoms. The summed E-state index contributed by atoms with van der Waals surface area (Å²) in [6, 6.07) is 0. The summed E-state index contributed by atoms with van der Waals surface area (Å²) < 4.78 is 5.26. The Bertz CT molecular complexity index is 273. The Hall–Kier alpha value is -1.14. The maximum atomic E-state index is 11.7. The predicted octanol–water partition coefficient (Wildman–Crippen LogP) is -0.360. The second kappa shape index (κ2) is 6.56. The normalized spacial score (nSPS) is 17.3. The van der Waals surface area contributed by atoms with Crippen molar-refractivity contribution in [2.75, 3.05) is 19.7 Å². The number of ether oxygens (including phenoxy) is 1. The highest BCUT2D eigenvalue weighted by Gasteiger charge is 2.26. The maximum Gasteiger partial charge on any atom is 0.248 e. The number of amides is 2. The summed E-state index contributed by atoms with van der Waals surface area (Å²) in [6.07, 6.45) is 1.38. The monoisotopic (exact) mass is 243 g/mol. The lowest BCUT2D eigenvalue weighted by atomic mass is 9.96. The van der Waals surface area contributed by atoms with Crippen molar-refractivity contribution >= 4 is 11.8 Å². The molecule has 1 fully saturated rings. The standard InChI is InChI=1S/C11H21N3O3/c1-8(2)17-7-10(15)14-5-3-9(4-6-14)11(16)13-12/h8-9H,3-7,12H2,1-2H3,(H,13,16). The summed E-state index contributed by atoms with van der Waals surface area (Å²) in [4.78, 5) is 24.8. The molecule has 0 radical (unpaired) electrons. The van der Waals surface area contributed by atoms with Gasteiger partial charge in [0, 0.05) is 19.0 Å². The molecule has 6 nitrogen and oxygen atoms in total. The number of nitrogens with two attached hydrogens (primary N) is 1. The number of hydrazine groups is 1. The summed E-state index contributed by atoms with van der Waals surface area (Å²) in [5, 5.41) is 0. The van der Waals surface area contributed by atoms with Gasteiger partial charge in [0.05, 0.1) is 6.10 Å². The van der Waals surface area contributed by atoms with Crippen LogP contribution in [-0.4, -0.2) is 42.5 Å². The van der Waals surface area contributed by atoms with Crippen molar-refractivity contribution < 1.29 is 14.3 Å². The number of piperidine rings is 1. The first-order valence-corrected chi connectivity index (χ1v) is 5.94. The van der Waals surface area contributed by atoms with E-state index in [0.717, 1.165) is 0 Å². The molecule has 1 aliphatic heterocycles. The zero-order chi connectivity index (χ0) is 12.8. The minimum atomic E-state index is -0.143. The van der Waals surface area contributed by atoms with Gasteiger partial charge >= 0.3 is 0 Å². The number of hydrogen-bond acceptors (Lipinski definition) is 4. The molecule has 0 spiro atoms. The largest absolute Gasteiger partial charge is 0.369 e. The second-order valence-corrected chi connectivity index (χ2v) is 4.52. The second-order valence-electron chi connectivity index (χ2n) is 4.52. The van der Waals surface area contributed by atoms with E-state index in [2.05, 4.69) is 5.43 Å². The fraction of sp³-hybridized carbons (Fsp3) is 0.818. The minimum Gasteiger partial charge on any atom is -0.369 e. The Morgan fingerprint density at radius 2 is 2.00 bits per heavy atom. The molecule has 1 aliphatic rings. The number of rotatable bonds is 4. The molecule has 0 aliphatic carbocycles. The van der Waals surface area contributed by atoms with Crippen LogP contribution in [0.15, 0.2) is 0 Å². The van der Waals surface area contributed by atoms with Gasteiger partial charge in [0.1, 0.15) is 6.61 Å². The molecule has 98 valence electrons. The Morgan fingerprint density at radius 1 is 1.41 bits per heavy atom. The van der Waals surface area contributed by atoms with Gasteiger partial charge in [-0.15, -0.1) is 0 Å². The molecule has 1 rings (SSSR count). The highest BCUT2D eigenvalue weighted by molar-refractivity contribution is 5.80. The predicted molar refractivity (Wildman–Crippen MR) is 62.7 cm³/mol. The van der Waals surface area contributed by atoms with Gasteiger partial charge in [0.15, 0.2) is 0 Å². The van der Waals surface area contributed by atoms with Gasteiger partial charge in [-0.25, -0.2) is 5.84 Å². The first kappa shape index (κ1) is 13.9. The first-order valence-electron chi connectivity index (χ1n) is 5.94. The molecule has 0 atom stereocenters. The number of carbonyl (C=O) groups excluding carboxylic acids is 2. The highest BCUT2D eigenvalue weighted by atomic mass is 16.5. The van der Waals surface area contributed by atoms with Crippen LogP contribution in [0.25, 0.3) is 0 Å². The van der Waals surface area contributed by atoms with Crippen LogP contribution in [0.4, 0.5) is 0 Å². The highest BCUT2D eigenvalue weighted by Crippen LogP contribution is 2.17. The van der Waals surface area contributed by atoms with Crippen molar-refractivity contribution in [2.45, 2.75) is 32.8 Å². The van der Waals surface area contributed by atoms with Crippen molar-refractivity contribution in [2.24, 2.45) is 11.8 Å². The molecule has 0 aromatic carbocycles. The van der Waals surface area contributed by atoms with Gasteiger partial charge in [-0.05, 0) is 26.7 Å². The van der Waals surface area contributed by atoms with Crippen molar-refractivity contribution in [1.82, 2.24) is 10.3 Å². The van der Waals surface area contributed by atoms with Crippen molar-refractivity contribution in [3.05, 3.63) is 0 Å². The number of hydrogen-bond donors (Lipinski definition) is 2. The van der Waals surface area contributed by atoms with Gasteiger partial charge in [-0.3, -0.25) is 15.0 Å². The third-order valence-corrected chi connectivity index (χ3v) is 2.90. The van der Waals surface area contributed by atoms with Gasteiger partial charge in [0.2, 0.25) is 11.8 Å². The Morgan fingerprint density at radius 3 is 2.47 bits per heavy atom. The zero-order valence-corrected chi connectivity index (χ0v) is 10.4. The van der Waals surface area contributed by atoms with Gasteiger partial charge in [-0.1, -0.05) is 0 Å². The van der Waals surface area contributed by atoms with Crippen LogP contribution in [0.5, 0.6) is 0 Å². The molecule has 17 heavy (non-hydrogen) atoms. The maximum absolute atomic E-state index is 11.7. The van der Waals surface area contributed by atoms with Gasteiger partial charge in [0.25, 0.3) is 0 Å². The zero-order valence-electron chi connectivity index (χ0n) is 10.4. The minimum absolute atomic E-state index is 0.00898. The number of carbonyl (C=O) groups is 2. The van der Waals surface area contributed by atoms with E-state index in [9.17, 15) is 9.59 Å². The third-order valence-electron chi connectivity index (χ3n) is 2.90. The fourth-order valence-electron chi connectivity index (χ4n) is 1.84. The van der Waals surface area contributed by atoms with E-state index in [4.69, 9.17) is 10.6 Å². The van der Waals surface area contributed by atoms with Crippen LogP contribution in [-0.2, 0) is 14.3 Å². The third kappa shape index (κ3) is 4.32. The number of nitrogens with one attached hydrogen (secondary N) is 1. The molecule has 0 aromatic heterocycles. The van der Waals surface area contributed by atoms with Crippen LogP contribution in [0.1, 0.15) is 26.7 Å². The Labute approximate surface area is 101 Å². The van der Waals surface area contributed by atoms with E-state index in [0.29, 0.717) is 25.9 Å². The van der Waals surface area contributed by atoms with Crippen molar-refractivity contribution in [3.8, 4) is 0 Å². The number of likely N-dealkylation sites (tertiary alicyclic amines) is 1. The van der Waals surface area contributed by atoms with E-state index in [-0.39, 0.29) is 30.4 Å². The average Bonchev–Trinajstić information content (AvgIpc) is 2.35. The van der Waals surface area contributed by atoms with E-state index in [1.54, 1.807) is 4.90 Å². The number of nitrogens with zero attached hydrogens (tertiary/aromatic N) is 1. The van der Waals surface area contributed by atoms with Crippen molar-refractivity contribution in [3.63, 3.8) is 0 Å². The molecule has 3 N–H and O–H groups in total. The lowest BCUT2D eigenvalue weighted by molar-refractivity contribution is -0.140. The molecule has 0 bridgehead atoms. The lowest BCUT2D eigenvalue weighted by Crippen LogP contribution is -2.45. The van der Waals surface area contributed by atoms with Crippen LogP contribution in [0.3, 0.4) is 0 Å². The van der Waals surface area contributed by atoms with E-state index >= 15 is 0 Å². The van der Waals surface area contributed by atoms with E-state index in [1.165, 1.54) is 0 Å². The molecule has 1 heterocycles. The van der Waals surface area contributed by atoms with Gasteiger partial charge < -0.3 is 9.64 Å². The molecule has 2 amide bonds. The summed E-state index contributed by atoms with van der Waals surface area (Å²) in [5.41, 5.74) is 2.15. The summed E-state index contributed by atoms with van der Waals surface area (Å²) in [7, 11) is 0. The summed E-state index contributed by atoms with van der Waals surface area (Å²) >= 11 is 0. The average molecular weight is 243 g/mol. The van der Waals surface area contributed by atoms with Crippen LogP contribution >= 0.6 is 0 Å². The van der Waals surface area contributed by atoms with Crippen molar-refractivity contribution in [1.29, 1.82) is 0 Å². The smallest absolute Gasteiger partial charge is 0.248 e. The Balaban J connectivity index is 2.31. The molecular formula is C11H21N3O3. The molecular weight excluding hydrogens is 222 g/mol. The van der Waals surface area contributed by atoms with Crippen LogP contribution in [0.2, 0.25) is 0 Å². The molecule has 0 saturated carbocycles.